The van der Waals surface area contributed by atoms with Crippen LogP contribution in [-0.2, 0) is 13.0 Å². The molecule has 0 unspecified atom stereocenters. The van der Waals surface area contributed by atoms with Crippen molar-refractivity contribution in [1.29, 1.82) is 0 Å². The third-order valence-electron chi connectivity index (χ3n) is 2.92. The van der Waals surface area contributed by atoms with Crippen LogP contribution in [-0.4, -0.2) is 6.54 Å². The molecule has 2 aromatic carbocycles. The van der Waals surface area contributed by atoms with E-state index in [0.717, 1.165) is 25.1 Å². The number of terminal acetylenes is 1. The number of nitrogens with one attached hydrogen (secondary N) is 1. The van der Waals surface area contributed by atoms with Crippen LogP contribution < -0.4 is 5.32 Å². The SMILES string of the molecule is C#Cc1ccccc1CNCCc1ccccc1. The van der Waals surface area contributed by atoms with Gasteiger partial charge in [-0.1, -0.05) is 54.5 Å². The predicted molar refractivity (Wildman–Crippen MR) is 76.2 cm³/mol. The van der Waals surface area contributed by atoms with E-state index in [9.17, 15) is 0 Å². The second-order valence-electron chi connectivity index (χ2n) is 4.21. The van der Waals surface area contributed by atoms with E-state index in [-0.39, 0.29) is 0 Å². The molecule has 0 spiro atoms. The molecule has 0 heterocycles. The lowest BCUT2D eigenvalue weighted by molar-refractivity contribution is 0.686. The van der Waals surface area contributed by atoms with Crippen molar-refractivity contribution in [3.05, 3.63) is 71.3 Å². The highest BCUT2D eigenvalue weighted by molar-refractivity contribution is 5.39. The van der Waals surface area contributed by atoms with Gasteiger partial charge in [-0.2, -0.15) is 0 Å². The molecule has 90 valence electrons. The van der Waals surface area contributed by atoms with Crippen LogP contribution in [0.5, 0.6) is 0 Å². The van der Waals surface area contributed by atoms with Crippen molar-refractivity contribution < 1.29 is 0 Å². The Hall–Kier alpha value is -2.04. The Kier molecular flexibility index (Phi) is 4.58. The zero-order chi connectivity index (χ0) is 12.6. The second kappa shape index (κ2) is 6.64. The quantitative estimate of drug-likeness (QED) is 0.620. The van der Waals surface area contributed by atoms with Crippen LogP contribution in [0.25, 0.3) is 0 Å². The molecule has 0 bridgehead atoms. The summed E-state index contributed by atoms with van der Waals surface area (Å²) in [6.45, 7) is 1.79. The van der Waals surface area contributed by atoms with E-state index in [0.29, 0.717) is 0 Å². The Morgan fingerprint density at radius 1 is 0.944 bits per heavy atom. The Morgan fingerprint density at radius 2 is 1.67 bits per heavy atom. The molecule has 0 radical (unpaired) electrons. The lowest BCUT2D eigenvalue weighted by atomic mass is 10.1. The first kappa shape index (κ1) is 12.4. The topological polar surface area (TPSA) is 12.0 Å². The van der Waals surface area contributed by atoms with Gasteiger partial charge >= 0.3 is 0 Å². The minimum atomic E-state index is 0.827. The number of rotatable bonds is 5. The first-order valence-electron chi connectivity index (χ1n) is 6.19. The maximum atomic E-state index is 5.47. The van der Waals surface area contributed by atoms with Gasteiger partial charge < -0.3 is 5.32 Å². The van der Waals surface area contributed by atoms with Crippen molar-refractivity contribution >= 4 is 0 Å². The smallest absolute Gasteiger partial charge is 0.0287 e. The van der Waals surface area contributed by atoms with Gasteiger partial charge in [-0.05, 0) is 30.2 Å². The lowest BCUT2D eigenvalue weighted by Crippen LogP contribution is -2.17. The van der Waals surface area contributed by atoms with Crippen molar-refractivity contribution in [3.8, 4) is 12.3 Å². The molecule has 1 nitrogen and oxygen atoms in total. The summed E-state index contributed by atoms with van der Waals surface area (Å²) in [6, 6.07) is 18.5. The fourth-order valence-corrected chi connectivity index (χ4v) is 1.92. The van der Waals surface area contributed by atoms with Gasteiger partial charge in [0, 0.05) is 12.1 Å². The molecule has 0 atom stereocenters. The Morgan fingerprint density at radius 3 is 2.44 bits per heavy atom. The van der Waals surface area contributed by atoms with Gasteiger partial charge in [0.25, 0.3) is 0 Å². The highest BCUT2D eigenvalue weighted by atomic mass is 14.8. The molecule has 0 aliphatic rings. The first-order chi connectivity index (χ1) is 8.90. The van der Waals surface area contributed by atoms with E-state index < -0.39 is 0 Å². The highest BCUT2D eigenvalue weighted by Gasteiger charge is 1.98. The lowest BCUT2D eigenvalue weighted by Gasteiger charge is -2.07. The Labute approximate surface area is 109 Å². The minimum absolute atomic E-state index is 0.827. The van der Waals surface area contributed by atoms with Gasteiger partial charge in [-0.15, -0.1) is 6.42 Å². The average Bonchev–Trinajstić information content (AvgIpc) is 2.45. The summed E-state index contributed by atoms with van der Waals surface area (Å²) in [4.78, 5) is 0. The molecule has 1 N–H and O–H groups in total. The van der Waals surface area contributed by atoms with E-state index in [1.807, 2.05) is 24.3 Å². The zero-order valence-electron chi connectivity index (χ0n) is 10.4. The number of hydrogen-bond acceptors (Lipinski definition) is 1. The van der Waals surface area contributed by atoms with Crippen molar-refractivity contribution in [2.75, 3.05) is 6.54 Å². The van der Waals surface area contributed by atoms with E-state index >= 15 is 0 Å². The molecule has 0 saturated carbocycles. The van der Waals surface area contributed by atoms with Gasteiger partial charge in [0.05, 0.1) is 0 Å². The van der Waals surface area contributed by atoms with E-state index in [4.69, 9.17) is 6.42 Å². The zero-order valence-corrected chi connectivity index (χ0v) is 10.4. The van der Waals surface area contributed by atoms with Crippen molar-refractivity contribution in [2.45, 2.75) is 13.0 Å². The van der Waals surface area contributed by atoms with Crippen molar-refractivity contribution in [1.82, 2.24) is 5.32 Å². The van der Waals surface area contributed by atoms with Crippen LogP contribution in [0.3, 0.4) is 0 Å². The predicted octanol–water partition coefficient (Wildman–Crippen LogP) is 3.00. The van der Waals surface area contributed by atoms with Crippen LogP contribution in [0, 0.1) is 12.3 Å². The largest absolute Gasteiger partial charge is 0.312 e. The van der Waals surface area contributed by atoms with Gasteiger partial charge in [0.1, 0.15) is 0 Å². The maximum Gasteiger partial charge on any atom is 0.0287 e. The van der Waals surface area contributed by atoms with Gasteiger partial charge in [-0.25, -0.2) is 0 Å². The molecule has 0 amide bonds. The molecular weight excluding hydrogens is 218 g/mol. The second-order valence-corrected chi connectivity index (χ2v) is 4.21. The fraction of sp³-hybridized carbons (Fsp3) is 0.176. The van der Waals surface area contributed by atoms with Crippen molar-refractivity contribution in [2.24, 2.45) is 0 Å². The standard InChI is InChI=1S/C17H17N/c1-2-16-10-6-7-11-17(16)14-18-13-12-15-8-4-3-5-9-15/h1,3-11,18H,12-14H2. The van der Waals surface area contributed by atoms with E-state index in [1.54, 1.807) is 0 Å². The molecule has 0 fully saturated rings. The normalized spacial score (nSPS) is 9.94. The summed E-state index contributed by atoms with van der Waals surface area (Å²) in [5.74, 6) is 2.71. The van der Waals surface area contributed by atoms with Gasteiger partial charge in [-0.3, -0.25) is 0 Å². The third-order valence-corrected chi connectivity index (χ3v) is 2.92. The van der Waals surface area contributed by atoms with Gasteiger partial charge in [0.2, 0.25) is 0 Å². The first-order valence-corrected chi connectivity index (χ1v) is 6.19. The maximum absolute atomic E-state index is 5.47. The molecule has 0 aliphatic heterocycles. The van der Waals surface area contributed by atoms with Crippen LogP contribution in [0.4, 0.5) is 0 Å². The average molecular weight is 235 g/mol. The number of benzene rings is 2. The summed E-state index contributed by atoms with van der Waals surface area (Å²) < 4.78 is 0. The Balaban J connectivity index is 1.81. The van der Waals surface area contributed by atoms with Crippen LogP contribution in [0.1, 0.15) is 16.7 Å². The highest BCUT2D eigenvalue weighted by Crippen LogP contribution is 2.06. The third kappa shape index (κ3) is 3.48. The molecule has 0 saturated heterocycles. The van der Waals surface area contributed by atoms with Crippen LogP contribution in [0.2, 0.25) is 0 Å². The summed E-state index contributed by atoms with van der Waals surface area (Å²) in [7, 11) is 0. The summed E-state index contributed by atoms with van der Waals surface area (Å²) in [5, 5.41) is 3.43. The number of hydrogen-bond donors (Lipinski definition) is 1. The van der Waals surface area contributed by atoms with E-state index in [2.05, 4.69) is 41.6 Å². The molecule has 0 aliphatic carbocycles. The molecule has 1 heteroatoms. The van der Waals surface area contributed by atoms with Crippen LogP contribution in [0.15, 0.2) is 54.6 Å². The minimum Gasteiger partial charge on any atom is -0.312 e. The van der Waals surface area contributed by atoms with Crippen molar-refractivity contribution in [3.63, 3.8) is 0 Å². The summed E-state index contributed by atoms with van der Waals surface area (Å²) in [6.07, 6.45) is 6.51. The summed E-state index contributed by atoms with van der Waals surface area (Å²) in [5.41, 5.74) is 3.52. The van der Waals surface area contributed by atoms with Gasteiger partial charge in [0.15, 0.2) is 0 Å². The Bertz CT molecular complexity index is 523. The monoisotopic (exact) mass is 235 g/mol. The molecule has 18 heavy (non-hydrogen) atoms. The fourth-order valence-electron chi connectivity index (χ4n) is 1.92. The summed E-state index contributed by atoms with van der Waals surface area (Å²) >= 11 is 0. The van der Waals surface area contributed by atoms with E-state index in [1.165, 1.54) is 11.1 Å². The van der Waals surface area contributed by atoms with Crippen LogP contribution >= 0.6 is 0 Å². The molecule has 2 aromatic rings. The molecule has 0 aromatic heterocycles. The molecular formula is C17H17N. The molecule has 2 rings (SSSR count).